The zero-order chi connectivity index (χ0) is 15.6. The summed E-state index contributed by atoms with van der Waals surface area (Å²) >= 11 is 1.77. The fourth-order valence-corrected chi connectivity index (χ4v) is 3.90. The summed E-state index contributed by atoms with van der Waals surface area (Å²) in [7, 11) is 0. The van der Waals surface area contributed by atoms with Gasteiger partial charge in [0.1, 0.15) is 18.0 Å². The van der Waals surface area contributed by atoms with Crippen LogP contribution in [-0.2, 0) is 0 Å². The molecule has 1 N–H and O–H groups in total. The van der Waals surface area contributed by atoms with Crippen LogP contribution in [0.25, 0.3) is 0 Å². The Balaban J connectivity index is 1.65. The van der Waals surface area contributed by atoms with Gasteiger partial charge in [0.15, 0.2) is 0 Å². The standard InChI is InChI=1S/C19H22O2S/c1-15-8-10-16(11-9-15)21-14-18(2,20)19(12-13-19)22-17-6-4-3-5-7-17/h3-11,20H,12-14H2,1-2H3. The van der Waals surface area contributed by atoms with Crippen LogP contribution >= 0.6 is 11.8 Å². The van der Waals surface area contributed by atoms with Gasteiger partial charge in [-0.15, -0.1) is 11.8 Å². The van der Waals surface area contributed by atoms with E-state index in [1.165, 1.54) is 10.5 Å². The Morgan fingerprint density at radius 1 is 1.09 bits per heavy atom. The Labute approximate surface area is 136 Å². The van der Waals surface area contributed by atoms with Crippen molar-refractivity contribution in [3.8, 4) is 5.75 Å². The number of ether oxygens (including phenoxy) is 1. The van der Waals surface area contributed by atoms with Crippen molar-refractivity contribution in [1.29, 1.82) is 0 Å². The molecule has 0 saturated heterocycles. The topological polar surface area (TPSA) is 29.5 Å². The molecule has 1 aliphatic carbocycles. The van der Waals surface area contributed by atoms with Crippen LogP contribution in [-0.4, -0.2) is 22.1 Å². The zero-order valence-electron chi connectivity index (χ0n) is 13.1. The first-order valence-electron chi connectivity index (χ1n) is 7.67. The molecule has 1 unspecified atom stereocenters. The minimum absolute atomic E-state index is 0.126. The van der Waals surface area contributed by atoms with Gasteiger partial charge < -0.3 is 9.84 Å². The molecule has 2 nitrogen and oxygen atoms in total. The summed E-state index contributed by atoms with van der Waals surface area (Å²) in [5, 5.41) is 10.9. The fourth-order valence-electron chi connectivity index (χ4n) is 2.57. The van der Waals surface area contributed by atoms with E-state index in [0.717, 1.165) is 18.6 Å². The molecule has 3 heteroatoms. The second kappa shape index (κ2) is 5.98. The lowest BCUT2D eigenvalue weighted by atomic mass is 10.0. The molecule has 0 radical (unpaired) electrons. The van der Waals surface area contributed by atoms with Crippen molar-refractivity contribution in [2.45, 2.75) is 41.9 Å². The smallest absolute Gasteiger partial charge is 0.119 e. The first kappa shape index (κ1) is 15.4. The van der Waals surface area contributed by atoms with Gasteiger partial charge in [0.05, 0.1) is 4.75 Å². The zero-order valence-corrected chi connectivity index (χ0v) is 13.9. The Kier molecular flexibility index (Phi) is 4.20. The summed E-state index contributed by atoms with van der Waals surface area (Å²) in [6, 6.07) is 18.2. The van der Waals surface area contributed by atoms with Crippen LogP contribution in [0, 0.1) is 6.92 Å². The molecule has 22 heavy (non-hydrogen) atoms. The summed E-state index contributed by atoms with van der Waals surface area (Å²) in [6.07, 6.45) is 2.05. The summed E-state index contributed by atoms with van der Waals surface area (Å²) in [5.74, 6) is 0.811. The molecule has 1 fully saturated rings. The third-order valence-corrected chi connectivity index (χ3v) is 6.03. The number of rotatable bonds is 6. The van der Waals surface area contributed by atoms with E-state index in [-0.39, 0.29) is 4.75 Å². The van der Waals surface area contributed by atoms with Crippen molar-refractivity contribution in [2.75, 3.05) is 6.61 Å². The molecule has 1 atom stereocenters. The van der Waals surface area contributed by atoms with Gasteiger partial charge in [-0.2, -0.15) is 0 Å². The van der Waals surface area contributed by atoms with E-state index in [1.807, 2.05) is 49.4 Å². The molecule has 3 rings (SSSR count). The average Bonchev–Trinajstić information content (AvgIpc) is 3.29. The summed E-state index contributed by atoms with van der Waals surface area (Å²) in [6.45, 7) is 4.26. The molecule has 1 saturated carbocycles. The molecular weight excluding hydrogens is 292 g/mol. The highest BCUT2D eigenvalue weighted by Crippen LogP contribution is 2.58. The second-order valence-corrected chi connectivity index (χ2v) is 7.74. The van der Waals surface area contributed by atoms with Gasteiger partial charge in [0, 0.05) is 4.90 Å². The van der Waals surface area contributed by atoms with Crippen molar-refractivity contribution in [3.63, 3.8) is 0 Å². The maximum absolute atomic E-state index is 10.9. The van der Waals surface area contributed by atoms with Gasteiger partial charge >= 0.3 is 0 Å². The van der Waals surface area contributed by atoms with Crippen LogP contribution in [0.1, 0.15) is 25.3 Å². The van der Waals surface area contributed by atoms with Crippen molar-refractivity contribution in [2.24, 2.45) is 0 Å². The molecule has 0 spiro atoms. The number of aryl methyl sites for hydroxylation is 1. The lowest BCUT2D eigenvalue weighted by Gasteiger charge is -2.32. The molecular formula is C19H22O2S. The van der Waals surface area contributed by atoms with E-state index in [2.05, 4.69) is 19.1 Å². The van der Waals surface area contributed by atoms with E-state index in [4.69, 9.17) is 4.74 Å². The summed E-state index contributed by atoms with van der Waals surface area (Å²) in [5.41, 5.74) is 0.357. The van der Waals surface area contributed by atoms with E-state index in [1.54, 1.807) is 11.8 Å². The van der Waals surface area contributed by atoms with Crippen molar-refractivity contribution in [3.05, 3.63) is 60.2 Å². The van der Waals surface area contributed by atoms with Crippen LogP contribution in [0.5, 0.6) is 5.75 Å². The van der Waals surface area contributed by atoms with Crippen molar-refractivity contribution in [1.82, 2.24) is 0 Å². The third-order valence-electron chi connectivity index (χ3n) is 4.28. The van der Waals surface area contributed by atoms with E-state index in [9.17, 15) is 5.11 Å². The van der Waals surface area contributed by atoms with E-state index >= 15 is 0 Å². The number of benzene rings is 2. The molecule has 116 valence electrons. The fraction of sp³-hybridized carbons (Fsp3) is 0.368. The number of aliphatic hydroxyl groups is 1. The number of hydrogen-bond acceptors (Lipinski definition) is 3. The molecule has 2 aromatic carbocycles. The first-order chi connectivity index (χ1) is 10.5. The van der Waals surface area contributed by atoms with E-state index < -0.39 is 5.60 Å². The van der Waals surface area contributed by atoms with E-state index in [0.29, 0.717) is 6.61 Å². The lowest BCUT2D eigenvalue weighted by Crippen LogP contribution is -2.44. The number of thioether (sulfide) groups is 1. The highest BCUT2D eigenvalue weighted by Gasteiger charge is 2.57. The van der Waals surface area contributed by atoms with Crippen LogP contribution in [0.4, 0.5) is 0 Å². The minimum atomic E-state index is -0.849. The van der Waals surface area contributed by atoms with Gasteiger partial charge in [0.25, 0.3) is 0 Å². The predicted molar refractivity (Wildman–Crippen MR) is 91.6 cm³/mol. The highest BCUT2D eigenvalue weighted by atomic mass is 32.2. The van der Waals surface area contributed by atoms with Gasteiger partial charge in [-0.3, -0.25) is 0 Å². The maximum Gasteiger partial charge on any atom is 0.119 e. The largest absolute Gasteiger partial charge is 0.491 e. The predicted octanol–water partition coefficient (Wildman–Crippen LogP) is 4.45. The van der Waals surface area contributed by atoms with Gasteiger partial charge in [-0.25, -0.2) is 0 Å². The molecule has 0 bridgehead atoms. The quantitative estimate of drug-likeness (QED) is 0.854. The molecule has 0 amide bonds. The third kappa shape index (κ3) is 3.31. The first-order valence-corrected chi connectivity index (χ1v) is 8.48. The average molecular weight is 314 g/mol. The molecule has 2 aromatic rings. The monoisotopic (exact) mass is 314 g/mol. The SMILES string of the molecule is Cc1ccc(OCC(C)(O)C2(Sc3ccccc3)CC2)cc1. The maximum atomic E-state index is 10.9. The molecule has 0 heterocycles. The van der Waals surface area contributed by atoms with Gasteiger partial charge in [-0.05, 0) is 51.0 Å². The summed E-state index contributed by atoms with van der Waals surface area (Å²) < 4.78 is 5.70. The summed E-state index contributed by atoms with van der Waals surface area (Å²) in [4.78, 5) is 1.20. The lowest BCUT2D eigenvalue weighted by molar-refractivity contribution is 0.00331. The Hall–Kier alpha value is -1.45. The Morgan fingerprint density at radius 3 is 2.32 bits per heavy atom. The minimum Gasteiger partial charge on any atom is -0.491 e. The Bertz CT molecular complexity index is 616. The Morgan fingerprint density at radius 2 is 1.73 bits per heavy atom. The van der Waals surface area contributed by atoms with Crippen LogP contribution in [0.3, 0.4) is 0 Å². The highest BCUT2D eigenvalue weighted by molar-refractivity contribution is 8.01. The molecule has 1 aliphatic rings. The van der Waals surface area contributed by atoms with Crippen LogP contribution in [0.2, 0.25) is 0 Å². The number of hydrogen-bond donors (Lipinski definition) is 1. The van der Waals surface area contributed by atoms with Gasteiger partial charge in [-0.1, -0.05) is 35.9 Å². The van der Waals surface area contributed by atoms with Gasteiger partial charge in [0.2, 0.25) is 0 Å². The molecule has 0 aromatic heterocycles. The molecule has 0 aliphatic heterocycles. The normalized spacial score (nSPS) is 18.5. The van der Waals surface area contributed by atoms with Crippen LogP contribution in [0.15, 0.2) is 59.5 Å². The second-order valence-electron chi connectivity index (χ2n) is 6.28. The van der Waals surface area contributed by atoms with Crippen molar-refractivity contribution >= 4 is 11.8 Å². The van der Waals surface area contributed by atoms with Crippen molar-refractivity contribution < 1.29 is 9.84 Å². The van der Waals surface area contributed by atoms with Crippen LogP contribution < -0.4 is 4.74 Å².